The number of carbonyl (C=O) groups excluding carboxylic acids is 1. The first-order valence-corrected chi connectivity index (χ1v) is 7.06. The van der Waals surface area contributed by atoms with Crippen LogP contribution in [0.2, 0.25) is 0 Å². The summed E-state index contributed by atoms with van der Waals surface area (Å²) in [7, 11) is 0. The van der Waals surface area contributed by atoms with Crippen molar-refractivity contribution in [2.75, 3.05) is 18.1 Å². The average molecular weight is 274 g/mol. The van der Waals surface area contributed by atoms with Gasteiger partial charge in [0.25, 0.3) is 0 Å². The summed E-state index contributed by atoms with van der Waals surface area (Å²) in [5, 5.41) is 0.948. The van der Waals surface area contributed by atoms with Crippen LogP contribution in [0.1, 0.15) is 26.2 Å². The maximum atomic E-state index is 12.1. The summed E-state index contributed by atoms with van der Waals surface area (Å²) < 4.78 is 10.6. The highest BCUT2D eigenvalue weighted by Crippen LogP contribution is 2.30. The van der Waals surface area contributed by atoms with Gasteiger partial charge in [-0.05, 0) is 38.3 Å². The molecular weight excluding hydrogens is 256 g/mol. The maximum Gasteiger partial charge on any atom is 0.328 e. The lowest BCUT2D eigenvalue weighted by atomic mass is 10.0. The number of aromatic nitrogens is 1. The second-order valence-electron chi connectivity index (χ2n) is 4.92. The second-order valence-corrected chi connectivity index (χ2v) is 4.92. The third-order valence-corrected chi connectivity index (χ3v) is 3.69. The van der Waals surface area contributed by atoms with Crippen LogP contribution in [0, 0.1) is 0 Å². The van der Waals surface area contributed by atoms with E-state index in [2.05, 4.69) is 9.88 Å². The Balaban J connectivity index is 1.97. The Morgan fingerprint density at radius 1 is 1.50 bits per heavy atom. The number of fused-ring (bicyclic) bond motifs is 1. The van der Waals surface area contributed by atoms with E-state index in [0.29, 0.717) is 6.61 Å². The molecule has 1 atom stereocenters. The van der Waals surface area contributed by atoms with Gasteiger partial charge in [0.05, 0.1) is 18.3 Å². The summed E-state index contributed by atoms with van der Waals surface area (Å²) in [6.07, 6.45) is 6.29. The molecule has 106 valence electrons. The van der Waals surface area contributed by atoms with Crippen LogP contribution in [-0.4, -0.2) is 30.1 Å². The average Bonchev–Trinajstić information content (AvgIpc) is 2.96. The lowest BCUT2D eigenvalue weighted by Gasteiger charge is -2.35. The number of hydrogen-bond acceptors (Lipinski definition) is 5. The van der Waals surface area contributed by atoms with E-state index in [1.807, 2.05) is 19.1 Å². The fourth-order valence-electron chi connectivity index (χ4n) is 2.78. The number of carbonyl (C=O) groups is 1. The summed E-state index contributed by atoms with van der Waals surface area (Å²) in [5.41, 5.74) is 0.795. The van der Waals surface area contributed by atoms with Crippen molar-refractivity contribution in [1.82, 2.24) is 4.98 Å². The van der Waals surface area contributed by atoms with Crippen LogP contribution >= 0.6 is 0 Å². The van der Waals surface area contributed by atoms with Gasteiger partial charge in [0, 0.05) is 12.7 Å². The van der Waals surface area contributed by atoms with Crippen LogP contribution in [0.4, 0.5) is 5.82 Å². The van der Waals surface area contributed by atoms with Crippen LogP contribution in [0.5, 0.6) is 0 Å². The molecule has 5 nitrogen and oxygen atoms in total. The molecule has 1 fully saturated rings. The number of hydrogen-bond donors (Lipinski definition) is 0. The second kappa shape index (κ2) is 5.53. The van der Waals surface area contributed by atoms with Gasteiger partial charge in [-0.3, -0.25) is 0 Å². The van der Waals surface area contributed by atoms with Gasteiger partial charge in [-0.15, -0.1) is 0 Å². The monoisotopic (exact) mass is 274 g/mol. The van der Waals surface area contributed by atoms with Gasteiger partial charge in [-0.2, -0.15) is 0 Å². The zero-order valence-electron chi connectivity index (χ0n) is 11.5. The Morgan fingerprint density at radius 2 is 2.40 bits per heavy atom. The lowest BCUT2D eigenvalue weighted by molar-refractivity contribution is -0.145. The molecule has 0 N–H and O–H groups in total. The molecule has 1 unspecified atom stereocenters. The van der Waals surface area contributed by atoms with Gasteiger partial charge < -0.3 is 14.1 Å². The third kappa shape index (κ3) is 2.24. The van der Waals surface area contributed by atoms with Crippen molar-refractivity contribution in [3.8, 4) is 0 Å². The van der Waals surface area contributed by atoms with Crippen LogP contribution in [0.15, 0.2) is 29.0 Å². The minimum atomic E-state index is -0.239. The number of piperidine rings is 1. The molecule has 1 aliphatic rings. The highest BCUT2D eigenvalue weighted by Gasteiger charge is 2.31. The van der Waals surface area contributed by atoms with Crippen LogP contribution in [0.25, 0.3) is 11.0 Å². The molecule has 0 radical (unpaired) electrons. The molecule has 2 aromatic rings. The highest BCUT2D eigenvalue weighted by atomic mass is 16.5. The van der Waals surface area contributed by atoms with Crippen molar-refractivity contribution in [3.63, 3.8) is 0 Å². The molecule has 1 saturated heterocycles. The van der Waals surface area contributed by atoms with Crippen molar-refractivity contribution in [3.05, 3.63) is 24.6 Å². The first-order valence-electron chi connectivity index (χ1n) is 7.06. The molecule has 5 heteroatoms. The molecule has 20 heavy (non-hydrogen) atoms. The molecular formula is C15H18N2O3. The van der Waals surface area contributed by atoms with Gasteiger partial charge in [0.2, 0.25) is 0 Å². The van der Waals surface area contributed by atoms with E-state index in [1.54, 1.807) is 12.5 Å². The van der Waals surface area contributed by atoms with Crippen LogP contribution in [-0.2, 0) is 9.53 Å². The number of anilines is 1. The third-order valence-electron chi connectivity index (χ3n) is 3.69. The number of furan rings is 1. The molecule has 0 bridgehead atoms. The van der Waals surface area contributed by atoms with Gasteiger partial charge in [0.1, 0.15) is 17.4 Å². The Morgan fingerprint density at radius 3 is 3.25 bits per heavy atom. The minimum absolute atomic E-state index is 0.158. The molecule has 0 aliphatic carbocycles. The zero-order chi connectivity index (χ0) is 13.9. The van der Waals surface area contributed by atoms with Gasteiger partial charge in [-0.25, -0.2) is 9.78 Å². The number of pyridine rings is 1. The maximum absolute atomic E-state index is 12.1. The van der Waals surface area contributed by atoms with E-state index >= 15 is 0 Å². The van der Waals surface area contributed by atoms with Crippen molar-refractivity contribution >= 4 is 22.8 Å². The summed E-state index contributed by atoms with van der Waals surface area (Å²) in [4.78, 5) is 18.6. The van der Waals surface area contributed by atoms with Gasteiger partial charge in [-0.1, -0.05) is 0 Å². The number of esters is 1. The topological polar surface area (TPSA) is 55.6 Å². The summed E-state index contributed by atoms with van der Waals surface area (Å²) in [6.45, 7) is 3.06. The smallest absolute Gasteiger partial charge is 0.328 e. The zero-order valence-corrected chi connectivity index (χ0v) is 11.5. The van der Waals surface area contributed by atoms with E-state index in [-0.39, 0.29) is 12.0 Å². The van der Waals surface area contributed by atoms with Gasteiger partial charge >= 0.3 is 5.97 Å². The summed E-state index contributed by atoms with van der Waals surface area (Å²) in [6, 6.07) is 3.49. The quantitative estimate of drug-likeness (QED) is 0.805. The molecule has 1 aliphatic heterocycles. The van der Waals surface area contributed by atoms with E-state index < -0.39 is 0 Å². The van der Waals surface area contributed by atoms with E-state index in [4.69, 9.17) is 9.15 Å². The molecule has 2 aromatic heterocycles. The summed E-state index contributed by atoms with van der Waals surface area (Å²) >= 11 is 0. The lowest BCUT2D eigenvalue weighted by Crippen LogP contribution is -2.46. The SMILES string of the molecule is CCOC(=O)C1CCCCN1c1nccc2occc12. The van der Waals surface area contributed by atoms with E-state index in [1.165, 1.54) is 0 Å². The standard InChI is InChI=1S/C15H18N2O3/c1-2-19-15(18)12-5-3-4-9-17(12)14-11-7-10-20-13(11)6-8-16-14/h6-8,10,12H,2-5,9H2,1H3. The first kappa shape index (κ1) is 13.0. The Kier molecular flexibility index (Phi) is 3.58. The predicted octanol–water partition coefficient (Wildman–Crippen LogP) is 2.75. The van der Waals surface area contributed by atoms with E-state index in [0.717, 1.165) is 42.6 Å². The Hall–Kier alpha value is -2.04. The molecule has 0 saturated carbocycles. The van der Waals surface area contributed by atoms with Gasteiger partial charge in [0.15, 0.2) is 0 Å². The Bertz CT molecular complexity index is 608. The highest BCUT2D eigenvalue weighted by molar-refractivity contribution is 5.91. The molecule has 0 spiro atoms. The molecule has 3 rings (SSSR count). The number of rotatable bonds is 3. The van der Waals surface area contributed by atoms with Crippen LogP contribution in [0.3, 0.4) is 0 Å². The van der Waals surface area contributed by atoms with Crippen LogP contribution < -0.4 is 4.90 Å². The predicted molar refractivity (Wildman–Crippen MR) is 75.6 cm³/mol. The summed E-state index contributed by atoms with van der Waals surface area (Å²) in [5.74, 6) is 0.656. The largest absolute Gasteiger partial charge is 0.464 e. The van der Waals surface area contributed by atoms with Crippen molar-refractivity contribution in [2.24, 2.45) is 0 Å². The number of nitrogens with zero attached hydrogens (tertiary/aromatic N) is 2. The number of ether oxygens (including phenoxy) is 1. The first-order chi connectivity index (χ1) is 9.81. The Labute approximate surface area is 117 Å². The molecule has 0 aromatic carbocycles. The fraction of sp³-hybridized carbons (Fsp3) is 0.467. The normalized spacial score (nSPS) is 19.2. The van der Waals surface area contributed by atoms with Crippen molar-refractivity contribution < 1.29 is 13.9 Å². The molecule has 3 heterocycles. The fourth-order valence-corrected chi connectivity index (χ4v) is 2.78. The minimum Gasteiger partial charge on any atom is -0.464 e. The van der Waals surface area contributed by atoms with E-state index in [9.17, 15) is 4.79 Å². The van der Waals surface area contributed by atoms with Crippen molar-refractivity contribution in [2.45, 2.75) is 32.2 Å². The molecule has 0 amide bonds. The van der Waals surface area contributed by atoms with Crippen molar-refractivity contribution in [1.29, 1.82) is 0 Å².